The monoisotopic (exact) mass is 396 g/mol. The van der Waals surface area contributed by atoms with E-state index in [1.165, 1.54) is 6.07 Å². The molecule has 2 aromatic heterocycles. The third-order valence-corrected chi connectivity index (χ3v) is 4.60. The summed E-state index contributed by atoms with van der Waals surface area (Å²) in [7, 11) is 1.54. The van der Waals surface area contributed by atoms with E-state index in [2.05, 4.69) is 20.5 Å². The Balaban J connectivity index is 1.92. The molecular formula is C21H15F3N4O. The van der Waals surface area contributed by atoms with Gasteiger partial charge in [-0.3, -0.25) is 9.89 Å². The van der Waals surface area contributed by atoms with Gasteiger partial charge in [-0.15, -0.1) is 0 Å². The number of fused-ring (bicyclic) bond motifs is 1. The summed E-state index contributed by atoms with van der Waals surface area (Å²) >= 11 is 0. The molecule has 0 aliphatic carbocycles. The number of carbonyl (C=O) groups excluding carboxylic acids is 1. The van der Waals surface area contributed by atoms with Gasteiger partial charge in [0.1, 0.15) is 0 Å². The SMILES string of the molecule is CNC(=O)c1cccc(-c2ccnc3n[nH]c(-c4cccc(C(F)(F)F)c4)c23)c1. The number of alkyl halides is 3. The van der Waals surface area contributed by atoms with E-state index in [1.807, 2.05) is 6.07 Å². The maximum absolute atomic E-state index is 13.1. The van der Waals surface area contributed by atoms with Crippen molar-refractivity contribution < 1.29 is 18.0 Å². The lowest BCUT2D eigenvalue weighted by molar-refractivity contribution is -0.137. The van der Waals surface area contributed by atoms with Gasteiger partial charge in [0.05, 0.1) is 16.6 Å². The molecule has 29 heavy (non-hydrogen) atoms. The van der Waals surface area contributed by atoms with Gasteiger partial charge in [-0.25, -0.2) is 4.98 Å². The van der Waals surface area contributed by atoms with Gasteiger partial charge in [0.15, 0.2) is 5.65 Å². The molecule has 0 aliphatic rings. The first kappa shape index (κ1) is 18.7. The molecule has 0 bridgehead atoms. The second-order valence-corrected chi connectivity index (χ2v) is 6.39. The molecule has 0 fully saturated rings. The number of rotatable bonds is 3. The van der Waals surface area contributed by atoms with Crippen LogP contribution in [-0.4, -0.2) is 28.1 Å². The summed E-state index contributed by atoms with van der Waals surface area (Å²) < 4.78 is 39.4. The number of H-pyrrole nitrogens is 1. The number of benzene rings is 2. The van der Waals surface area contributed by atoms with Crippen molar-refractivity contribution in [3.05, 3.63) is 71.9 Å². The zero-order valence-electron chi connectivity index (χ0n) is 15.2. The van der Waals surface area contributed by atoms with Crippen LogP contribution in [0.15, 0.2) is 60.8 Å². The van der Waals surface area contributed by atoms with Crippen LogP contribution in [0.3, 0.4) is 0 Å². The lowest BCUT2D eigenvalue weighted by atomic mass is 9.97. The predicted octanol–water partition coefficient (Wildman–Crippen LogP) is 4.67. The Hall–Kier alpha value is -3.68. The van der Waals surface area contributed by atoms with Gasteiger partial charge in [-0.1, -0.05) is 24.3 Å². The normalized spacial score (nSPS) is 11.6. The fraction of sp³-hybridized carbons (Fsp3) is 0.0952. The van der Waals surface area contributed by atoms with E-state index < -0.39 is 11.7 Å². The third-order valence-electron chi connectivity index (χ3n) is 4.60. The molecule has 146 valence electrons. The Morgan fingerprint density at radius 1 is 1.03 bits per heavy atom. The quantitative estimate of drug-likeness (QED) is 0.529. The standard InChI is InChI=1S/C21H15F3N4O/c1-25-20(29)14-6-2-4-12(10-14)16-8-9-26-19-17(16)18(27-28-19)13-5-3-7-15(11-13)21(22,23)24/h2-11H,1H3,(H,25,29)(H,26,27,28). The molecule has 0 unspecified atom stereocenters. The minimum absolute atomic E-state index is 0.234. The fourth-order valence-corrected chi connectivity index (χ4v) is 3.22. The zero-order valence-corrected chi connectivity index (χ0v) is 15.2. The number of nitrogens with zero attached hydrogens (tertiary/aromatic N) is 2. The van der Waals surface area contributed by atoms with Crippen LogP contribution < -0.4 is 5.32 Å². The summed E-state index contributed by atoms with van der Waals surface area (Å²) in [5, 5.41) is 10.1. The summed E-state index contributed by atoms with van der Waals surface area (Å²) in [6.07, 6.45) is -2.88. The van der Waals surface area contributed by atoms with Crippen LogP contribution >= 0.6 is 0 Å². The number of aromatic amines is 1. The first-order valence-electron chi connectivity index (χ1n) is 8.71. The molecule has 0 radical (unpaired) electrons. The highest BCUT2D eigenvalue weighted by Crippen LogP contribution is 2.37. The molecule has 5 nitrogen and oxygen atoms in total. The van der Waals surface area contributed by atoms with Crippen LogP contribution in [0.4, 0.5) is 13.2 Å². The van der Waals surface area contributed by atoms with E-state index in [0.29, 0.717) is 33.4 Å². The van der Waals surface area contributed by atoms with Crippen molar-refractivity contribution in [3.63, 3.8) is 0 Å². The Morgan fingerprint density at radius 2 is 1.79 bits per heavy atom. The largest absolute Gasteiger partial charge is 0.416 e. The average molecular weight is 396 g/mol. The lowest BCUT2D eigenvalue weighted by Crippen LogP contribution is -2.17. The number of amides is 1. The number of nitrogens with one attached hydrogen (secondary N) is 2. The van der Waals surface area contributed by atoms with Gasteiger partial charge in [0.25, 0.3) is 5.91 Å². The molecule has 1 amide bonds. The molecule has 4 rings (SSSR count). The molecule has 8 heteroatoms. The Morgan fingerprint density at radius 3 is 2.55 bits per heavy atom. The molecule has 0 atom stereocenters. The van der Waals surface area contributed by atoms with Gasteiger partial charge in [0, 0.05) is 24.4 Å². The van der Waals surface area contributed by atoms with Crippen LogP contribution in [0, 0.1) is 0 Å². The lowest BCUT2D eigenvalue weighted by Gasteiger charge is -2.10. The molecule has 0 saturated heterocycles. The smallest absolute Gasteiger partial charge is 0.355 e. The topological polar surface area (TPSA) is 70.7 Å². The van der Waals surface area contributed by atoms with Crippen LogP contribution in [0.25, 0.3) is 33.4 Å². The van der Waals surface area contributed by atoms with Crippen molar-refractivity contribution in [2.75, 3.05) is 7.05 Å². The van der Waals surface area contributed by atoms with Crippen LogP contribution in [0.2, 0.25) is 0 Å². The van der Waals surface area contributed by atoms with E-state index in [0.717, 1.165) is 17.7 Å². The van der Waals surface area contributed by atoms with Gasteiger partial charge in [-0.05, 0) is 41.5 Å². The predicted molar refractivity (Wildman–Crippen MR) is 103 cm³/mol. The van der Waals surface area contributed by atoms with Crippen molar-refractivity contribution in [1.29, 1.82) is 0 Å². The molecule has 2 heterocycles. The number of halogens is 3. The van der Waals surface area contributed by atoms with E-state index >= 15 is 0 Å². The van der Waals surface area contributed by atoms with Gasteiger partial charge in [-0.2, -0.15) is 18.3 Å². The Bertz CT molecular complexity index is 1210. The highest BCUT2D eigenvalue weighted by atomic mass is 19.4. The molecule has 2 aromatic carbocycles. The Labute approximate surface area is 163 Å². The van der Waals surface area contributed by atoms with Crippen molar-refractivity contribution >= 4 is 16.9 Å². The van der Waals surface area contributed by atoms with Crippen LogP contribution in [0.1, 0.15) is 15.9 Å². The van der Waals surface area contributed by atoms with E-state index in [-0.39, 0.29) is 5.91 Å². The summed E-state index contributed by atoms with van der Waals surface area (Å²) in [6.45, 7) is 0. The van der Waals surface area contributed by atoms with E-state index in [9.17, 15) is 18.0 Å². The molecule has 2 N–H and O–H groups in total. The zero-order chi connectivity index (χ0) is 20.6. The van der Waals surface area contributed by atoms with Crippen LogP contribution in [0.5, 0.6) is 0 Å². The molecule has 0 spiro atoms. The summed E-state index contributed by atoms with van der Waals surface area (Å²) in [5.41, 5.74) is 2.32. The van der Waals surface area contributed by atoms with Crippen molar-refractivity contribution in [1.82, 2.24) is 20.5 Å². The van der Waals surface area contributed by atoms with Crippen LogP contribution in [-0.2, 0) is 6.18 Å². The number of aromatic nitrogens is 3. The first-order chi connectivity index (χ1) is 13.9. The molecule has 0 saturated carbocycles. The summed E-state index contributed by atoms with van der Waals surface area (Å²) in [4.78, 5) is 16.2. The minimum atomic E-state index is -4.45. The molecule has 0 aliphatic heterocycles. The summed E-state index contributed by atoms with van der Waals surface area (Å²) in [6, 6.07) is 13.8. The highest BCUT2D eigenvalue weighted by Gasteiger charge is 2.30. The van der Waals surface area contributed by atoms with Crippen molar-refractivity contribution in [3.8, 4) is 22.4 Å². The van der Waals surface area contributed by atoms with Crippen molar-refractivity contribution in [2.45, 2.75) is 6.18 Å². The number of hydrogen-bond donors (Lipinski definition) is 2. The third kappa shape index (κ3) is 3.44. The summed E-state index contributed by atoms with van der Waals surface area (Å²) in [5.74, 6) is -0.234. The van der Waals surface area contributed by atoms with Crippen molar-refractivity contribution in [2.24, 2.45) is 0 Å². The first-order valence-corrected chi connectivity index (χ1v) is 8.71. The molecule has 4 aromatic rings. The van der Waals surface area contributed by atoms with Gasteiger partial charge >= 0.3 is 6.18 Å². The Kier molecular flexibility index (Phi) is 4.54. The maximum Gasteiger partial charge on any atom is 0.416 e. The maximum atomic E-state index is 13.1. The number of pyridine rings is 1. The second kappa shape index (κ2) is 7.05. The second-order valence-electron chi connectivity index (χ2n) is 6.39. The number of hydrogen-bond acceptors (Lipinski definition) is 3. The average Bonchev–Trinajstić information content (AvgIpc) is 3.17. The van der Waals surface area contributed by atoms with Gasteiger partial charge < -0.3 is 5.32 Å². The molecular weight excluding hydrogens is 381 g/mol. The van der Waals surface area contributed by atoms with E-state index in [1.54, 1.807) is 43.6 Å². The fourth-order valence-electron chi connectivity index (χ4n) is 3.22. The van der Waals surface area contributed by atoms with Gasteiger partial charge in [0.2, 0.25) is 0 Å². The van der Waals surface area contributed by atoms with E-state index in [4.69, 9.17) is 0 Å². The minimum Gasteiger partial charge on any atom is -0.355 e. The highest BCUT2D eigenvalue weighted by molar-refractivity contribution is 6.03. The number of carbonyl (C=O) groups is 1.